The number of sulfonamides is 1. The van der Waals surface area contributed by atoms with Crippen molar-refractivity contribution in [3.63, 3.8) is 0 Å². The van der Waals surface area contributed by atoms with E-state index in [1.165, 1.54) is 38.2 Å². The third kappa shape index (κ3) is 6.87. The number of hydrogen-bond acceptors (Lipinski definition) is 8. The van der Waals surface area contributed by atoms with Gasteiger partial charge in [0.1, 0.15) is 11.9 Å². The molecular weight excluding hydrogens is 661 g/mol. The van der Waals surface area contributed by atoms with Crippen molar-refractivity contribution in [2.45, 2.75) is 17.5 Å². The molecule has 0 unspecified atom stereocenters. The summed E-state index contributed by atoms with van der Waals surface area (Å²) in [5.74, 6) is 0.273. The molecule has 5 rings (SSSR count). The molecule has 3 aromatic rings. The lowest BCUT2D eigenvalue weighted by atomic mass is 10.1. The number of nitrogens with zero attached hydrogens (tertiary/aromatic N) is 5. The summed E-state index contributed by atoms with van der Waals surface area (Å²) in [4.78, 5) is 3.15. The number of nitrogens with two attached hydrogens (primary N) is 1. The number of anilines is 2. The zero-order valence-corrected chi connectivity index (χ0v) is 26.8. The molecule has 1 saturated heterocycles. The van der Waals surface area contributed by atoms with Crippen LogP contribution in [0.1, 0.15) is 17.8 Å². The van der Waals surface area contributed by atoms with Crippen LogP contribution in [0.4, 0.5) is 24.5 Å². The smallest absolute Gasteiger partial charge is 0.379 e. The Kier molecular flexibility index (Phi) is 9.44. The van der Waals surface area contributed by atoms with Crippen molar-refractivity contribution in [1.29, 1.82) is 0 Å². The molecule has 17 heteroatoms. The average molecular weight is 694 g/mol. The molecule has 47 heavy (non-hydrogen) atoms. The maximum Gasteiger partial charge on any atom is 0.416 e. The predicted octanol–water partition coefficient (Wildman–Crippen LogP) is 2.83. The number of rotatable bonds is 9. The Morgan fingerprint density at radius 1 is 1.11 bits per heavy atom. The monoisotopic (exact) mass is 693 g/mol. The largest absolute Gasteiger partial charge is 0.416 e. The number of morpholine rings is 1. The number of allylic oxidation sites excluding steroid dienone is 2. The lowest BCUT2D eigenvalue weighted by Crippen LogP contribution is -2.40. The van der Waals surface area contributed by atoms with Crippen LogP contribution in [-0.4, -0.2) is 68.9 Å². The molecule has 3 N–H and O–H groups in total. The number of benzene rings is 2. The summed E-state index contributed by atoms with van der Waals surface area (Å²) in [5, 5.41) is 0. The highest BCUT2D eigenvalue weighted by atomic mass is 32.2. The minimum Gasteiger partial charge on any atom is -0.379 e. The van der Waals surface area contributed by atoms with Gasteiger partial charge in [-0.1, -0.05) is 12.7 Å². The highest BCUT2D eigenvalue weighted by Crippen LogP contribution is 2.45. The summed E-state index contributed by atoms with van der Waals surface area (Å²) >= 11 is 0. The van der Waals surface area contributed by atoms with Crippen molar-refractivity contribution in [3.05, 3.63) is 78.5 Å². The third-order valence-corrected chi connectivity index (χ3v) is 10.4. The van der Waals surface area contributed by atoms with E-state index in [1.54, 1.807) is 40.8 Å². The summed E-state index contributed by atoms with van der Waals surface area (Å²) in [6, 6.07) is 13.0. The second-order valence-electron chi connectivity index (χ2n) is 10.6. The molecule has 0 amide bonds. The van der Waals surface area contributed by atoms with E-state index < -0.39 is 37.6 Å². The van der Waals surface area contributed by atoms with E-state index in [-0.39, 0.29) is 36.6 Å². The van der Waals surface area contributed by atoms with Gasteiger partial charge in [-0.15, -0.1) is 4.57 Å². The fourth-order valence-corrected chi connectivity index (χ4v) is 7.47. The first-order chi connectivity index (χ1) is 22.2. The number of fused-ring (bicyclic) bond motifs is 2. The molecule has 0 radical (unpaired) electrons. The predicted molar refractivity (Wildman–Crippen MR) is 170 cm³/mol. The minimum atomic E-state index is -4.62. The second kappa shape index (κ2) is 13.0. The molecule has 2 aliphatic heterocycles. The first-order valence-corrected chi connectivity index (χ1v) is 17.3. The summed E-state index contributed by atoms with van der Waals surface area (Å²) in [5.41, 5.74) is 6.39. The fourth-order valence-electron chi connectivity index (χ4n) is 5.55. The Hall–Kier alpha value is -4.34. The molecule has 12 nitrogen and oxygen atoms in total. The van der Waals surface area contributed by atoms with Crippen LogP contribution in [0.25, 0.3) is 17.1 Å². The zero-order chi connectivity index (χ0) is 34.1. The Bertz CT molecular complexity index is 2060. The van der Waals surface area contributed by atoms with E-state index in [0.717, 1.165) is 12.1 Å². The quantitative estimate of drug-likeness (QED) is 0.150. The first-order valence-electron chi connectivity index (χ1n) is 14.3. The van der Waals surface area contributed by atoms with Gasteiger partial charge in [0.2, 0.25) is 10.0 Å². The maximum absolute atomic E-state index is 13.6. The fraction of sp³-hybridized carbons (Fsp3) is 0.300. The molecule has 2 aromatic carbocycles. The van der Waals surface area contributed by atoms with Crippen molar-refractivity contribution in [2.75, 3.05) is 48.4 Å². The van der Waals surface area contributed by atoms with Crippen LogP contribution in [0, 0.1) is 12.1 Å². The lowest BCUT2D eigenvalue weighted by molar-refractivity contribution is -0.647. The van der Waals surface area contributed by atoms with Crippen LogP contribution in [-0.2, 0) is 38.1 Å². The van der Waals surface area contributed by atoms with E-state index >= 15 is 0 Å². The SMILES string of the molecule is C=CN1/C(=C\C=C\c2n(C#CN)c3cc(S(=O)(=O)N4CCOCC4)ccc3[n+]2C)N(CCCS(=O)(=O)O)c2cc(C(F)(F)F)ccc21. The van der Waals surface area contributed by atoms with E-state index in [9.17, 15) is 34.6 Å². The zero-order valence-electron chi connectivity index (χ0n) is 25.2. The molecule has 0 spiro atoms. The number of aryl methyl sites for hydroxylation is 1. The van der Waals surface area contributed by atoms with Gasteiger partial charge < -0.3 is 20.3 Å². The normalized spacial score (nSPS) is 17.0. The Labute approximate surface area is 270 Å². The Morgan fingerprint density at radius 2 is 1.83 bits per heavy atom. The molecule has 1 aromatic heterocycles. The maximum atomic E-state index is 13.6. The highest BCUT2D eigenvalue weighted by Gasteiger charge is 2.36. The van der Waals surface area contributed by atoms with Crippen molar-refractivity contribution in [1.82, 2.24) is 8.87 Å². The number of imidazole rings is 1. The van der Waals surface area contributed by atoms with E-state index in [0.29, 0.717) is 41.6 Å². The van der Waals surface area contributed by atoms with Crippen molar-refractivity contribution in [3.8, 4) is 12.1 Å². The molecule has 2 aliphatic rings. The number of aromatic nitrogens is 2. The molecule has 0 bridgehead atoms. The Balaban J connectivity index is 1.56. The van der Waals surface area contributed by atoms with Gasteiger partial charge in [0.05, 0.1) is 53.9 Å². The number of hydrogen-bond donors (Lipinski definition) is 2. The van der Waals surface area contributed by atoms with Crippen LogP contribution in [0.2, 0.25) is 0 Å². The number of halogens is 3. The van der Waals surface area contributed by atoms with Crippen molar-refractivity contribution < 1.29 is 43.9 Å². The molecular formula is C30H32F3N6O6S2+. The van der Waals surface area contributed by atoms with Crippen LogP contribution in [0.3, 0.4) is 0 Å². The highest BCUT2D eigenvalue weighted by molar-refractivity contribution is 7.89. The number of alkyl halides is 3. The molecule has 3 heterocycles. The van der Waals surface area contributed by atoms with Crippen LogP contribution < -0.4 is 20.1 Å². The second-order valence-corrected chi connectivity index (χ2v) is 14.1. The van der Waals surface area contributed by atoms with Gasteiger partial charge in [-0.25, -0.2) is 13.0 Å². The Morgan fingerprint density at radius 3 is 2.47 bits per heavy atom. The summed E-state index contributed by atoms with van der Waals surface area (Å²) in [7, 11) is -6.37. The van der Waals surface area contributed by atoms with Crippen LogP contribution >= 0.6 is 0 Å². The summed E-state index contributed by atoms with van der Waals surface area (Å²) < 4.78 is 109. The van der Waals surface area contributed by atoms with Crippen molar-refractivity contribution >= 4 is 48.6 Å². The van der Waals surface area contributed by atoms with Crippen LogP contribution in [0.15, 0.2) is 72.0 Å². The molecule has 0 aliphatic carbocycles. The van der Waals surface area contributed by atoms with Gasteiger partial charge in [0.25, 0.3) is 15.9 Å². The van der Waals surface area contributed by atoms with E-state index in [1.807, 2.05) is 0 Å². The van der Waals surface area contributed by atoms with Gasteiger partial charge in [0, 0.05) is 38.0 Å². The number of ether oxygens (including phenoxy) is 1. The topological polar surface area (TPSA) is 142 Å². The van der Waals surface area contributed by atoms with Crippen molar-refractivity contribution in [2.24, 2.45) is 12.8 Å². The molecule has 250 valence electrons. The summed E-state index contributed by atoms with van der Waals surface area (Å²) in [6.07, 6.45) is 1.61. The molecule has 0 saturated carbocycles. The molecule has 1 fully saturated rings. The van der Waals surface area contributed by atoms with Gasteiger partial charge >= 0.3 is 6.18 Å². The summed E-state index contributed by atoms with van der Waals surface area (Å²) in [6.45, 7) is 4.83. The third-order valence-electron chi connectivity index (χ3n) is 7.74. The minimum absolute atomic E-state index is 0.0365. The standard InChI is InChI=1S/C30H31F3N6O6S2/c1-3-37-25-10-8-22(30(31,32)33)20-26(25)38(13-5-19-46(40,41)42)29(37)7-4-6-28-35(2)24-11-9-23(21-27(24)39(28)14-12-34)47(43,44)36-15-17-45-18-16-36/h3-4,6-11,20-21H,1,5,13,15-19,34H2,2H3/p+1. The van der Waals surface area contributed by atoms with Gasteiger partial charge in [-0.3, -0.25) is 4.55 Å². The van der Waals surface area contributed by atoms with E-state index in [4.69, 9.17) is 10.5 Å². The first kappa shape index (κ1) is 34.0. The van der Waals surface area contributed by atoms with Gasteiger partial charge in [0.15, 0.2) is 11.0 Å². The lowest BCUT2D eigenvalue weighted by Gasteiger charge is -2.25. The van der Waals surface area contributed by atoms with Gasteiger partial charge in [-0.05, 0) is 42.8 Å². The molecule has 0 atom stereocenters. The van der Waals surface area contributed by atoms with Gasteiger partial charge in [-0.2, -0.15) is 25.9 Å². The van der Waals surface area contributed by atoms with E-state index in [2.05, 4.69) is 18.7 Å². The average Bonchev–Trinajstić information content (AvgIpc) is 3.46. The van der Waals surface area contributed by atoms with Crippen LogP contribution in [0.5, 0.6) is 0 Å².